The summed E-state index contributed by atoms with van der Waals surface area (Å²) in [5.74, 6) is 0. The summed E-state index contributed by atoms with van der Waals surface area (Å²) in [6, 6.07) is 13.6. The summed E-state index contributed by atoms with van der Waals surface area (Å²) >= 11 is 0. The minimum absolute atomic E-state index is 0.595. The van der Waals surface area contributed by atoms with Gasteiger partial charge in [-0.25, -0.2) is 0 Å². The van der Waals surface area contributed by atoms with Crippen LogP contribution in [-0.4, -0.2) is 4.98 Å². The van der Waals surface area contributed by atoms with Crippen LogP contribution in [-0.2, 0) is 6.54 Å². The molecule has 0 aliphatic carbocycles. The Kier molecular flexibility index (Phi) is 3.18. The van der Waals surface area contributed by atoms with Crippen molar-refractivity contribution in [2.24, 2.45) is 10.2 Å². The normalized spacial score (nSPS) is 10.7. The highest BCUT2D eigenvalue weighted by molar-refractivity contribution is 5.34. The number of hydrogen-bond donors (Lipinski definition) is 0. The number of hydrogen-bond acceptors (Lipinski definition) is 3. The highest BCUT2D eigenvalue weighted by Gasteiger charge is 1.88. The fraction of sp³-hybridized carbons (Fsp3) is 0.0833. The van der Waals surface area contributed by atoms with Gasteiger partial charge in [-0.15, -0.1) is 0 Å². The Balaban J connectivity index is 1.97. The zero-order chi connectivity index (χ0) is 10.3. The van der Waals surface area contributed by atoms with Crippen molar-refractivity contribution in [3.63, 3.8) is 0 Å². The van der Waals surface area contributed by atoms with Crippen molar-refractivity contribution in [2.75, 3.05) is 0 Å². The number of aromatic nitrogens is 1. The lowest BCUT2D eigenvalue weighted by Gasteiger charge is -1.93. The lowest BCUT2D eigenvalue weighted by molar-refractivity contribution is 0.955. The van der Waals surface area contributed by atoms with Gasteiger partial charge in [0.25, 0.3) is 0 Å². The van der Waals surface area contributed by atoms with Crippen molar-refractivity contribution in [1.82, 2.24) is 4.98 Å². The smallest absolute Gasteiger partial charge is 0.0854 e. The molecule has 0 N–H and O–H groups in total. The van der Waals surface area contributed by atoms with Gasteiger partial charge in [0.1, 0.15) is 0 Å². The topological polar surface area (TPSA) is 37.6 Å². The molecule has 1 aromatic heterocycles. The van der Waals surface area contributed by atoms with E-state index in [2.05, 4.69) is 15.2 Å². The number of pyridine rings is 1. The number of rotatable bonds is 3. The first-order chi connectivity index (χ1) is 7.45. The first-order valence-electron chi connectivity index (χ1n) is 4.76. The van der Waals surface area contributed by atoms with Crippen LogP contribution in [0.1, 0.15) is 5.56 Å². The van der Waals surface area contributed by atoms with E-state index in [-0.39, 0.29) is 0 Å². The summed E-state index contributed by atoms with van der Waals surface area (Å²) in [5, 5.41) is 8.22. The molecule has 2 aromatic rings. The van der Waals surface area contributed by atoms with Crippen LogP contribution in [0.5, 0.6) is 0 Å². The number of nitrogens with zero attached hydrogens (tertiary/aromatic N) is 3. The molecular formula is C12H11N3. The quantitative estimate of drug-likeness (QED) is 0.695. The predicted molar refractivity (Wildman–Crippen MR) is 58.9 cm³/mol. The highest BCUT2D eigenvalue weighted by Crippen LogP contribution is 2.11. The van der Waals surface area contributed by atoms with Crippen LogP contribution in [0.15, 0.2) is 65.1 Å². The third-order valence-electron chi connectivity index (χ3n) is 1.95. The van der Waals surface area contributed by atoms with Gasteiger partial charge in [-0.1, -0.05) is 18.2 Å². The van der Waals surface area contributed by atoms with E-state index >= 15 is 0 Å². The third-order valence-corrected chi connectivity index (χ3v) is 1.95. The molecule has 1 heterocycles. The van der Waals surface area contributed by atoms with Crippen LogP contribution in [0.3, 0.4) is 0 Å². The molecule has 0 bridgehead atoms. The highest BCUT2D eigenvalue weighted by atomic mass is 15.1. The molecule has 0 spiro atoms. The zero-order valence-corrected chi connectivity index (χ0v) is 8.24. The van der Waals surface area contributed by atoms with E-state index in [1.54, 1.807) is 12.4 Å². The maximum Gasteiger partial charge on any atom is 0.0854 e. The Morgan fingerprint density at radius 1 is 0.933 bits per heavy atom. The van der Waals surface area contributed by atoms with E-state index in [0.29, 0.717) is 6.54 Å². The molecule has 0 saturated carbocycles. The van der Waals surface area contributed by atoms with Crippen molar-refractivity contribution < 1.29 is 0 Å². The van der Waals surface area contributed by atoms with Crippen molar-refractivity contribution in [1.29, 1.82) is 0 Å². The average Bonchev–Trinajstić information content (AvgIpc) is 2.32. The molecule has 0 saturated heterocycles. The molecule has 3 heteroatoms. The lowest BCUT2D eigenvalue weighted by Crippen LogP contribution is -1.79. The van der Waals surface area contributed by atoms with E-state index in [1.165, 1.54) is 0 Å². The van der Waals surface area contributed by atoms with Gasteiger partial charge < -0.3 is 0 Å². The van der Waals surface area contributed by atoms with Crippen molar-refractivity contribution in [3.05, 3.63) is 60.4 Å². The van der Waals surface area contributed by atoms with Gasteiger partial charge >= 0.3 is 0 Å². The molecule has 0 radical (unpaired) electrons. The molecule has 0 unspecified atom stereocenters. The summed E-state index contributed by atoms with van der Waals surface area (Å²) < 4.78 is 0. The molecule has 0 aliphatic heterocycles. The second-order valence-electron chi connectivity index (χ2n) is 3.09. The van der Waals surface area contributed by atoms with Crippen molar-refractivity contribution in [3.8, 4) is 0 Å². The average molecular weight is 197 g/mol. The molecule has 0 amide bonds. The van der Waals surface area contributed by atoms with Crippen LogP contribution in [0, 0.1) is 0 Å². The minimum Gasteiger partial charge on any atom is -0.265 e. The Morgan fingerprint density at radius 3 is 2.40 bits per heavy atom. The maximum atomic E-state index is 4.11. The molecule has 3 nitrogen and oxygen atoms in total. The molecule has 2 rings (SSSR count). The SMILES string of the molecule is c1ccc(N=NCc2ccncc2)cc1. The molecule has 0 atom stereocenters. The van der Waals surface area contributed by atoms with E-state index in [0.717, 1.165) is 11.3 Å². The monoisotopic (exact) mass is 197 g/mol. The lowest BCUT2D eigenvalue weighted by atomic mass is 10.3. The first kappa shape index (κ1) is 9.52. The maximum absolute atomic E-state index is 4.11. The van der Waals surface area contributed by atoms with E-state index in [9.17, 15) is 0 Å². The van der Waals surface area contributed by atoms with Crippen LogP contribution in [0.4, 0.5) is 5.69 Å². The number of benzene rings is 1. The van der Waals surface area contributed by atoms with Crippen molar-refractivity contribution >= 4 is 5.69 Å². The van der Waals surface area contributed by atoms with Crippen LogP contribution < -0.4 is 0 Å². The van der Waals surface area contributed by atoms with Crippen LogP contribution in [0.2, 0.25) is 0 Å². The second-order valence-corrected chi connectivity index (χ2v) is 3.09. The van der Waals surface area contributed by atoms with Crippen LogP contribution in [0.25, 0.3) is 0 Å². The Hall–Kier alpha value is -2.03. The van der Waals surface area contributed by atoms with Gasteiger partial charge in [0, 0.05) is 12.4 Å². The predicted octanol–water partition coefficient (Wildman–Crippen LogP) is 3.37. The first-order valence-corrected chi connectivity index (χ1v) is 4.76. The number of azo groups is 1. The Labute approximate surface area is 88.5 Å². The van der Waals surface area contributed by atoms with Crippen LogP contribution >= 0.6 is 0 Å². The third kappa shape index (κ3) is 2.98. The summed E-state index contributed by atoms with van der Waals surface area (Å²) in [6.45, 7) is 0.595. The molecule has 74 valence electrons. The Bertz CT molecular complexity index is 423. The van der Waals surface area contributed by atoms with Gasteiger partial charge in [0.05, 0.1) is 12.2 Å². The van der Waals surface area contributed by atoms with E-state index in [1.807, 2.05) is 42.5 Å². The van der Waals surface area contributed by atoms with Gasteiger partial charge in [0.2, 0.25) is 0 Å². The largest absolute Gasteiger partial charge is 0.265 e. The second kappa shape index (κ2) is 5.00. The summed E-state index contributed by atoms with van der Waals surface area (Å²) in [5.41, 5.74) is 2.00. The Morgan fingerprint density at radius 2 is 1.67 bits per heavy atom. The summed E-state index contributed by atoms with van der Waals surface area (Å²) in [6.07, 6.45) is 3.51. The van der Waals surface area contributed by atoms with Gasteiger partial charge in [-0.2, -0.15) is 10.2 Å². The van der Waals surface area contributed by atoms with Gasteiger partial charge in [-0.3, -0.25) is 4.98 Å². The standard InChI is InChI=1S/C12H11N3/c1-2-4-12(5-3-1)15-14-10-11-6-8-13-9-7-11/h1-9H,10H2. The van der Waals surface area contributed by atoms with Gasteiger partial charge in [-0.05, 0) is 29.8 Å². The zero-order valence-electron chi connectivity index (χ0n) is 8.24. The van der Waals surface area contributed by atoms with Gasteiger partial charge in [0.15, 0.2) is 0 Å². The fourth-order valence-electron chi connectivity index (χ4n) is 1.18. The minimum atomic E-state index is 0.595. The van der Waals surface area contributed by atoms with E-state index in [4.69, 9.17) is 0 Å². The molecule has 1 aromatic carbocycles. The summed E-state index contributed by atoms with van der Waals surface area (Å²) in [7, 11) is 0. The fourth-order valence-corrected chi connectivity index (χ4v) is 1.18. The summed E-state index contributed by atoms with van der Waals surface area (Å²) in [4.78, 5) is 3.94. The van der Waals surface area contributed by atoms with Crippen molar-refractivity contribution in [2.45, 2.75) is 6.54 Å². The molecular weight excluding hydrogens is 186 g/mol. The molecule has 0 aliphatic rings. The van der Waals surface area contributed by atoms with E-state index < -0.39 is 0 Å². The molecule has 0 fully saturated rings. The molecule has 15 heavy (non-hydrogen) atoms.